The van der Waals surface area contributed by atoms with E-state index in [9.17, 15) is 4.79 Å². The van der Waals surface area contributed by atoms with Crippen LogP contribution in [0.15, 0.2) is 12.2 Å². The zero-order valence-electron chi connectivity index (χ0n) is 7.21. The molecule has 11 heavy (non-hydrogen) atoms. The minimum Gasteiger partial charge on any atom is -0.366 e. The third-order valence-corrected chi connectivity index (χ3v) is 1.26. The summed E-state index contributed by atoms with van der Waals surface area (Å²) in [5, 5.41) is 0. The number of nitrogens with zero attached hydrogens (tertiary/aromatic N) is 1. The maximum atomic E-state index is 10.2. The van der Waals surface area contributed by atoms with E-state index < -0.39 is 0 Å². The molecule has 0 atom stereocenters. The Kier molecular flexibility index (Phi) is 5.47. The van der Waals surface area contributed by atoms with Gasteiger partial charge >= 0.3 is 0 Å². The topological polar surface area (TPSA) is 46.3 Å². The van der Waals surface area contributed by atoms with Crippen molar-refractivity contribution in [3.63, 3.8) is 0 Å². The highest BCUT2D eigenvalue weighted by Gasteiger charge is 1.87. The fraction of sp³-hybridized carbons (Fsp3) is 0.625. The van der Waals surface area contributed by atoms with Crippen LogP contribution in [-0.4, -0.2) is 31.4 Å². The van der Waals surface area contributed by atoms with Gasteiger partial charge in [-0.05, 0) is 39.6 Å². The van der Waals surface area contributed by atoms with Crippen LogP contribution in [0.5, 0.6) is 0 Å². The summed E-state index contributed by atoms with van der Waals surface area (Å²) >= 11 is 0. The molecule has 0 unspecified atom stereocenters. The van der Waals surface area contributed by atoms with Crippen molar-refractivity contribution in [2.24, 2.45) is 5.73 Å². The average Bonchev–Trinajstić information content (AvgIpc) is 1.85. The van der Waals surface area contributed by atoms with Crippen molar-refractivity contribution in [1.29, 1.82) is 0 Å². The Labute approximate surface area is 67.9 Å². The molecule has 0 aliphatic rings. The first-order valence-electron chi connectivity index (χ1n) is 3.73. The molecule has 0 saturated carbocycles. The number of amides is 1. The molecule has 2 N–H and O–H groups in total. The second kappa shape index (κ2) is 5.92. The van der Waals surface area contributed by atoms with Gasteiger partial charge < -0.3 is 10.6 Å². The Balaban J connectivity index is 3.21. The number of rotatable bonds is 5. The SMILES string of the molecule is CN(C)CCCC=CC(N)=O. The Bertz CT molecular complexity index is 141. The minimum absolute atomic E-state index is 0.366. The van der Waals surface area contributed by atoms with E-state index in [1.165, 1.54) is 6.08 Å². The van der Waals surface area contributed by atoms with Gasteiger partial charge in [-0.1, -0.05) is 6.08 Å². The first-order chi connectivity index (χ1) is 5.13. The van der Waals surface area contributed by atoms with Crippen LogP contribution in [0.2, 0.25) is 0 Å². The van der Waals surface area contributed by atoms with Gasteiger partial charge in [0.25, 0.3) is 0 Å². The lowest BCUT2D eigenvalue weighted by atomic mass is 10.3. The van der Waals surface area contributed by atoms with Crippen molar-refractivity contribution >= 4 is 5.91 Å². The van der Waals surface area contributed by atoms with E-state index in [-0.39, 0.29) is 5.91 Å². The van der Waals surface area contributed by atoms with E-state index in [0.29, 0.717) is 0 Å². The van der Waals surface area contributed by atoms with Crippen LogP contribution in [0, 0.1) is 0 Å². The molecule has 0 heterocycles. The van der Waals surface area contributed by atoms with Gasteiger partial charge in [-0.2, -0.15) is 0 Å². The number of hydrogen-bond acceptors (Lipinski definition) is 2. The fourth-order valence-corrected chi connectivity index (χ4v) is 0.725. The third-order valence-electron chi connectivity index (χ3n) is 1.26. The van der Waals surface area contributed by atoms with Gasteiger partial charge in [0.05, 0.1) is 0 Å². The van der Waals surface area contributed by atoms with Gasteiger partial charge in [0.1, 0.15) is 0 Å². The number of primary amides is 1. The molecular formula is C8H16N2O. The number of hydrogen-bond donors (Lipinski definition) is 1. The predicted octanol–water partition coefficient (Wildman–Crippen LogP) is 0.370. The van der Waals surface area contributed by atoms with Crippen molar-refractivity contribution in [1.82, 2.24) is 4.90 Å². The molecule has 0 fully saturated rings. The zero-order valence-corrected chi connectivity index (χ0v) is 7.21. The van der Waals surface area contributed by atoms with Gasteiger partial charge in [-0.15, -0.1) is 0 Å². The summed E-state index contributed by atoms with van der Waals surface area (Å²) in [4.78, 5) is 12.3. The second-order valence-electron chi connectivity index (χ2n) is 2.75. The number of carbonyl (C=O) groups is 1. The van der Waals surface area contributed by atoms with Gasteiger partial charge in [0.2, 0.25) is 5.91 Å². The van der Waals surface area contributed by atoms with Crippen LogP contribution < -0.4 is 5.73 Å². The maximum absolute atomic E-state index is 10.2. The smallest absolute Gasteiger partial charge is 0.241 e. The minimum atomic E-state index is -0.366. The van der Waals surface area contributed by atoms with E-state index in [1.54, 1.807) is 0 Å². The van der Waals surface area contributed by atoms with E-state index in [0.717, 1.165) is 19.4 Å². The molecule has 0 rings (SSSR count). The predicted molar refractivity (Wildman–Crippen MR) is 46.1 cm³/mol. The molecule has 0 aromatic rings. The average molecular weight is 156 g/mol. The van der Waals surface area contributed by atoms with Gasteiger partial charge in [0.15, 0.2) is 0 Å². The highest BCUT2D eigenvalue weighted by atomic mass is 16.1. The summed E-state index contributed by atoms with van der Waals surface area (Å²) in [7, 11) is 4.05. The van der Waals surface area contributed by atoms with Crippen molar-refractivity contribution in [3.05, 3.63) is 12.2 Å². The highest BCUT2D eigenvalue weighted by molar-refractivity contribution is 5.85. The molecule has 64 valence electrons. The molecular weight excluding hydrogens is 140 g/mol. The number of allylic oxidation sites excluding steroid dienone is 1. The van der Waals surface area contributed by atoms with E-state index in [2.05, 4.69) is 4.90 Å². The molecule has 3 nitrogen and oxygen atoms in total. The van der Waals surface area contributed by atoms with Crippen molar-refractivity contribution < 1.29 is 4.79 Å². The van der Waals surface area contributed by atoms with Gasteiger partial charge in [0, 0.05) is 0 Å². The summed E-state index contributed by atoms with van der Waals surface area (Å²) < 4.78 is 0. The molecule has 0 aliphatic heterocycles. The van der Waals surface area contributed by atoms with Crippen molar-refractivity contribution in [2.45, 2.75) is 12.8 Å². The lowest BCUT2D eigenvalue weighted by Gasteiger charge is -2.06. The summed E-state index contributed by atoms with van der Waals surface area (Å²) in [6.45, 7) is 1.04. The van der Waals surface area contributed by atoms with Crippen LogP contribution in [-0.2, 0) is 4.79 Å². The Morgan fingerprint density at radius 1 is 1.55 bits per heavy atom. The summed E-state index contributed by atoms with van der Waals surface area (Å²) in [5.41, 5.74) is 4.90. The second-order valence-corrected chi connectivity index (χ2v) is 2.75. The molecule has 0 aromatic heterocycles. The monoisotopic (exact) mass is 156 g/mol. The van der Waals surface area contributed by atoms with E-state index >= 15 is 0 Å². The van der Waals surface area contributed by atoms with Crippen LogP contribution in [0.25, 0.3) is 0 Å². The standard InChI is InChI=1S/C8H16N2O/c1-10(2)7-5-3-4-6-8(9)11/h4,6H,3,5,7H2,1-2H3,(H2,9,11). The Morgan fingerprint density at radius 2 is 2.18 bits per heavy atom. The fourth-order valence-electron chi connectivity index (χ4n) is 0.725. The molecule has 0 aromatic carbocycles. The lowest BCUT2D eigenvalue weighted by molar-refractivity contribution is -0.113. The molecule has 0 spiro atoms. The first-order valence-corrected chi connectivity index (χ1v) is 3.73. The van der Waals surface area contributed by atoms with Crippen LogP contribution in [0.4, 0.5) is 0 Å². The van der Waals surface area contributed by atoms with Gasteiger partial charge in [-0.25, -0.2) is 0 Å². The number of carbonyl (C=O) groups excluding carboxylic acids is 1. The molecule has 0 saturated heterocycles. The highest BCUT2D eigenvalue weighted by Crippen LogP contribution is 1.91. The molecule has 0 aliphatic carbocycles. The van der Waals surface area contributed by atoms with Crippen LogP contribution in [0.3, 0.4) is 0 Å². The van der Waals surface area contributed by atoms with Crippen molar-refractivity contribution in [2.75, 3.05) is 20.6 Å². The van der Waals surface area contributed by atoms with E-state index in [4.69, 9.17) is 5.73 Å². The quantitative estimate of drug-likeness (QED) is 0.462. The summed E-state index contributed by atoms with van der Waals surface area (Å²) in [6, 6.07) is 0. The maximum Gasteiger partial charge on any atom is 0.241 e. The van der Waals surface area contributed by atoms with Crippen LogP contribution in [0.1, 0.15) is 12.8 Å². The number of nitrogens with two attached hydrogens (primary N) is 1. The largest absolute Gasteiger partial charge is 0.366 e. The van der Waals surface area contributed by atoms with Gasteiger partial charge in [-0.3, -0.25) is 4.79 Å². The molecule has 3 heteroatoms. The molecule has 1 amide bonds. The molecule has 0 radical (unpaired) electrons. The van der Waals surface area contributed by atoms with Crippen molar-refractivity contribution in [3.8, 4) is 0 Å². The Hall–Kier alpha value is -0.830. The summed E-state index contributed by atoms with van der Waals surface area (Å²) in [6.07, 6.45) is 5.21. The lowest BCUT2D eigenvalue weighted by Crippen LogP contribution is -2.12. The third kappa shape index (κ3) is 9.17. The normalized spacial score (nSPS) is 11.2. The Morgan fingerprint density at radius 3 is 2.64 bits per heavy atom. The number of unbranched alkanes of at least 4 members (excludes halogenated alkanes) is 1. The van der Waals surface area contributed by atoms with E-state index in [1.807, 2.05) is 20.2 Å². The summed E-state index contributed by atoms with van der Waals surface area (Å²) in [5.74, 6) is -0.366. The molecule has 0 bridgehead atoms. The first kappa shape index (κ1) is 10.2. The zero-order chi connectivity index (χ0) is 8.69. The van der Waals surface area contributed by atoms with Crippen LogP contribution >= 0.6 is 0 Å².